The molecule has 1 atom stereocenters. The summed E-state index contributed by atoms with van der Waals surface area (Å²) in [6.07, 6.45) is 2.63. The van der Waals surface area contributed by atoms with Crippen LogP contribution in [0.15, 0.2) is 5.38 Å². The summed E-state index contributed by atoms with van der Waals surface area (Å²) >= 11 is 1.76. The van der Waals surface area contributed by atoms with Crippen molar-refractivity contribution in [2.45, 2.75) is 39.3 Å². The smallest absolute Gasteiger partial charge is 0.107 e. The fourth-order valence-corrected chi connectivity index (χ4v) is 2.95. The molecular weight excluding hydrogens is 218 g/mol. The summed E-state index contributed by atoms with van der Waals surface area (Å²) < 4.78 is 0. The molecule has 1 unspecified atom stereocenters. The van der Waals surface area contributed by atoms with E-state index in [4.69, 9.17) is 0 Å². The molecule has 1 saturated heterocycles. The van der Waals surface area contributed by atoms with Crippen molar-refractivity contribution in [3.8, 4) is 0 Å². The molecule has 1 aliphatic rings. The lowest BCUT2D eigenvalue weighted by Crippen LogP contribution is -2.45. The number of rotatable bonds is 4. The molecule has 1 aromatic rings. The molecule has 1 aromatic heterocycles. The van der Waals surface area contributed by atoms with Crippen molar-refractivity contribution in [3.63, 3.8) is 0 Å². The van der Waals surface area contributed by atoms with Gasteiger partial charge in [0, 0.05) is 30.2 Å². The second kappa shape index (κ2) is 5.75. The lowest BCUT2D eigenvalue weighted by molar-refractivity contribution is 0.198. The number of hydrogen-bond donors (Lipinski definition) is 1. The molecule has 1 N–H and O–H groups in total. The van der Waals surface area contributed by atoms with Crippen molar-refractivity contribution in [3.05, 3.63) is 16.1 Å². The highest BCUT2D eigenvalue weighted by atomic mass is 32.1. The van der Waals surface area contributed by atoms with Gasteiger partial charge in [-0.15, -0.1) is 11.3 Å². The minimum Gasteiger partial charge on any atom is -0.306 e. The Labute approximate surface area is 102 Å². The van der Waals surface area contributed by atoms with Gasteiger partial charge in [-0.25, -0.2) is 4.98 Å². The number of aromatic nitrogens is 1. The van der Waals surface area contributed by atoms with E-state index in [0.29, 0.717) is 6.04 Å². The largest absolute Gasteiger partial charge is 0.306 e. The molecule has 0 saturated carbocycles. The van der Waals surface area contributed by atoms with Gasteiger partial charge >= 0.3 is 0 Å². The van der Waals surface area contributed by atoms with Gasteiger partial charge in [-0.1, -0.05) is 6.92 Å². The van der Waals surface area contributed by atoms with E-state index >= 15 is 0 Å². The predicted molar refractivity (Wildman–Crippen MR) is 68.8 cm³/mol. The average molecular weight is 239 g/mol. The number of nitrogens with zero attached hydrogens (tertiary/aromatic N) is 2. The van der Waals surface area contributed by atoms with E-state index in [0.717, 1.165) is 12.2 Å². The Morgan fingerprint density at radius 2 is 2.50 bits per heavy atom. The lowest BCUT2D eigenvalue weighted by Gasteiger charge is -2.32. The van der Waals surface area contributed by atoms with Gasteiger partial charge < -0.3 is 10.2 Å². The highest BCUT2D eigenvalue weighted by Crippen LogP contribution is 2.12. The van der Waals surface area contributed by atoms with Gasteiger partial charge in [0.15, 0.2) is 0 Å². The molecule has 0 spiro atoms. The Morgan fingerprint density at radius 3 is 3.19 bits per heavy atom. The zero-order valence-corrected chi connectivity index (χ0v) is 11.0. The molecule has 16 heavy (non-hydrogen) atoms. The lowest BCUT2D eigenvalue weighted by atomic mass is 10.1. The molecule has 0 aliphatic carbocycles. The third-order valence-electron chi connectivity index (χ3n) is 3.16. The van der Waals surface area contributed by atoms with E-state index in [2.05, 4.69) is 34.4 Å². The van der Waals surface area contributed by atoms with Crippen LogP contribution in [-0.4, -0.2) is 35.6 Å². The summed E-state index contributed by atoms with van der Waals surface area (Å²) in [6, 6.07) is 0.651. The molecule has 0 bridgehead atoms. The number of piperidine rings is 1. The van der Waals surface area contributed by atoms with Crippen LogP contribution in [-0.2, 0) is 6.54 Å². The maximum atomic E-state index is 4.48. The Hall–Kier alpha value is -0.450. The van der Waals surface area contributed by atoms with Crippen molar-refractivity contribution in [1.29, 1.82) is 0 Å². The fourth-order valence-electron chi connectivity index (χ4n) is 2.22. The van der Waals surface area contributed by atoms with Crippen molar-refractivity contribution < 1.29 is 0 Å². The van der Waals surface area contributed by atoms with E-state index < -0.39 is 0 Å². The maximum Gasteiger partial charge on any atom is 0.107 e. The Bertz CT molecular complexity index is 324. The number of likely N-dealkylation sites (N-methyl/N-ethyl adjacent to an activating group) is 1. The SMILES string of the molecule is CCN1CCCC(NCc2nc(C)cs2)C1. The maximum absolute atomic E-state index is 4.48. The quantitative estimate of drug-likeness (QED) is 0.871. The zero-order valence-electron chi connectivity index (χ0n) is 10.2. The van der Waals surface area contributed by atoms with E-state index in [1.807, 2.05) is 0 Å². The molecule has 90 valence electrons. The Kier molecular flexibility index (Phi) is 4.32. The third-order valence-corrected chi connectivity index (χ3v) is 4.13. The Balaban J connectivity index is 1.77. The summed E-state index contributed by atoms with van der Waals surface area (Å²) in [5.41, 5.74) is 1.14. The molecule has 2 heterocycles. The van der Waals surface area contributed by atoms with Gasteiger partial charge in [-0.2, -0.15) is 0 Å². The van der Waals surface area contributed by atoms with Crippen LogP contribution in [0.25, 0.3) is 0 Å². The van der Waals surface area contributed by atoms with E-state index in [1.165, 1.54) is 37.5 Å². The highest BCUT2D eigenvalue weighted by molar-refractivity contribution is 7.09. The second-order valence-electron chi connectivity index (χ2n) is 4.50. The van der Waals surface area contributed by atoms with Crippen LogP contribution in [0.3, 0.4) is 0 Å². The summed E-state index contributed by atoms with van der Waals surface area (Å²) in [4.78, 5) is 7.00. The first-order valence-corrected chi connectivity index (χ1v) is 7.02. The number of likely N-dealkylation sites (tertiary alicyclic amines) is 1. The summed E-state index contributed by atoms with van der Waals surface area (Å²) in [5, 5.41) is 6.96. The predicted octanol–water partition coefficient (Wildman–Crippen LogP) is 2.03. The summed E-state index contributed by atoms with van der Waals surface area (Å²) in [5.74, 6) is 0. The molecule has 4 heteroatoms. The van der Waals surface area contributed by atoms with Crippen LogP contribution in [0.5, 0.6) is 0 Å². The summed E-state index contributed by atoms with van der Waals surface area (Å²) in [7, 11) is 0. The van der Waals surface area contributed by atoms with Crippen LogP contribution in [0.2, 0.25) is 0 Å². The molecular formula is C12H21N3S. The van der Waals surface area contributed by atoms with Crippen molar-refractivity contribution in [2.75, 3.05) is 19.6 Å². The first kappa shape index (κ1) is 12.0. The minimum absolute atomic E-state index is 0.651. The van der Waals surface area contributed by atoms with Gasteiger partial charge in [-0.3, -0.25) is 0 Å². The molecule has 1 aliphatic heterocycles. The number of hydrogen-bond acceptors (Lipinski definition) is 4. The molecule has 0 aromatic carbocycles. The van der Waals surface area contributed by atoms with Gasteiger partial charge in [0.2, 0.25) is 0 Å². The third kappa shape index (κ3) is 3.27. The minimum atomic E-state index is 0.651. The van der Waals surface area contributed by atoms with Gasteiger partial charge in [0.05, 0.1) is 0 Å². The van der Waals surface area contributed by atoms with Gasteiger partial charge in [0.1, 0.15) is 5.01 Å². The highest BCUT2D eigenvalue weighted by Gasteiger charge is 2.18. The van der Waals surface area contributed by atoms with Crippen LogP contribution in [0.1, 0.15) is 30.5 Å². The topological polar surface area (TPSA) is 28.2 Å². The molecule has 0 radical (unpaired) electrons. The van der Waals surface area contributed by atoms with Crippen molar-refractivity contribution in [1.82, 2.24) is 15.2 Å². The normalized spacial score (nSPS) is 22.5. The average Bonchev–Trinajstić information content (AvgIpc) is 2.73. The van der Waals surface area contributed by atoms with Gasteiger partial charge in [-0.05, 0) is 32.9 Å². The number of nitrogens with one attached hydrogen (secondary N) is 1. The Morgan fingerprint density at radius 1 is 1.62 bits per heavy atom. The van der Waals surface area contributed by atoms with Crippen molar-refractivity contribution in [2.24, 2.45) is 0 Å². The van der Waals surface area contributed by atoms with Crippen molar-refractivity contribution >= 4 is 11.3 Å². The standard InChI is InChI=1S/C12H21N3S/c1-3-15-6-4-5-11(8-15)13-7-12-14-10(2)9-16-12/h9,11,13H,3-8H2,1-2H3. The molecule has 2 rings (SSSR count). The van der Waals surface area contributed by atoms with Crippen LogP contribution >= 0.6 is 11.3 Å². The van der Waals surface area contributed by atoms with E-state index in [-0.39, 0.29) is 0 Å². The van der Waals surface area contributed by atoms with E-state index in [1.54, 1.807) is 11.3 Å². The van der Waals surface area contributed by atoms with Crippen LogP contribution in [0, 0.1) is 6.92 Å². The first-order chi connectivity index (χ1) is 7.78. The second-order valence-corrected chi connectivity index (χ2v) is 5.44. The number of thiazole rings is 1. The number of aryl methyl sites for hydroxylation is 1. The van der Waals surface area contributed by atoms with Crippen LogP contribution in [0.4, 0.5) is 0 Å². The van der Waals surface area contributed by atoms with Crippen LogP contribution < -0.4 is 5.32 Å². The zero-order chi connectivity index (χ0) is 11.4. The summed E-state index contributed by atoms with van der Waals surface area (Å²) in [6.45, 7) is 8.87. The first-order valence-electron chi connectivity index (χ1n) is 6.14. The molecule has 3 nitrogen and oxygen atoms in total. The van der Waals surface area contributed by atoms with E-state index in [9.17, 15) is 0 Å². The van der Waals surface area contributed by atoms with Gasteiger partial charge in [0.25, 0.3) is 0 Å². The fraction of sp³-hybridized carbons (Fsp3) is 0.750. The monoisotopic (exact) mass is 239 g/mol. The molecule has 1 fully saturated rings. The molecule has 0 amide bonds.